The summed E-state index contributed by atoms with van der Waals surface area (Å²) in [6.07, 6.45) is 1.93. The Morgan fingerprint density at radius 1 is 1.56 bits per heavy atom. The maximum Gasteiger partial charge on any atom is 0.318 e. The van der Waals surface area contributed by atoms with Crippen molar-refractivity contribution in [3.63, 3.8) is 0 Å². The first kappa shape index (κ1) is 14.7. The van der Waals surface area contributed by atoms with E-state index in [-0.39, 0.29) is 11.4 Å². The number of aryl methyl sites for hydroxylation is 2. The van der Waals surface area contributed by atoms with Gasteiger partial charge in [-0.25, -0.2) is 8.42 Å². The summed E-state index contributed by atoms with van der Waals surface area (Å²) in [5.74, 6) is -1.17. The van der Waals surface area contributed by atoms with Gasteiger partial charge in [0.1, 0.15) is 11.4 Å². The molecule has 0 amide bonds. The van der Waals surface area contributed by atoms with E-state index in [2.05, 4.69) is 5.10 Å². The first-order chi connectivity index (χ1) is 8.28. The Morgan fingerprint density at radius 3 is 2.56 bits per heavy atom. The van der Waals surface area contributed by atoms with Crippen LogP contribution >= 0.6 is 0 Å². The highest BCUT2D eigenvalue weighted by molar-refractivity contribution is 7.89. The number of nitrogens with zero attached hydrogens (tertiary/aromatic N) is 3. The van der Waals surface area contributed by atoms with Gasteiger partial charge in [0.25, 0.3) is 0 Å². The fourth-order valence-corrected chi connectivity index (χ4v) is 3.34. The van der Waals surface area contributed by atoms with E-state index in [1.54, 1.807) is 20.9 Å². The van der Waals surface area contributed by atoms with Crippen LogP contribution in [0.2, 0.25) is 0 Å². The van der Waals surface area contributed by atoms with Crippen LogP contribution in [0.4, 0.5) is 0 Å². The maximum absolute atomic E-state index is 12.3. The Kier molecular flexibility index (Phi) is 4.47. The fraction of sp³-hybridized carbons (Fsp3) is 0.600. The predicted molar refractivity (Wildman–Crippen MR) is 64.6 cm³/mol. The summed E-state index contributed by atoms with van der Waals surface area (Å²) in [6.45, 7) is 3.01. The second-order valence-corrected chi connectivity index (χ2v) is 5.89. The quantitative estimate of drug-likeness (QED) is 0.801. The monoisotopic (exact) mass is 275 g/mol. The van der Waals surface area contributed by atoms with Crippen molar-refractivity contribution in [1.29, 1.82) is 0 Å². The third kappa shape index (κ3) is 3.08. The lowest BCUT2D eigenvalue weighted by molar-refractivity contribution is -0.137. The molecule has 0 atom stereocenters. The van der Waals surface area contributed by atoms with Gasteiger partial charge in [-0.2, -0.15) is 9.40 Å². The van der Waals surface area contributed by atoms with E-state index in [0.717, 1.165) is 4.31 Å². The molecule has 0 bridgehead atoms. The summed E-state index contributed by atoms with van der Waals surface area (Å²) >= 11 is 0. The topological polar surface area (TPSA) is 92.5 Å². The number of carbonyl (C=O) groups is 1. The van der Waals surface area contributed by atoms with Crippen LogP contribution in [0.25, 0.3) is 0 Å². The van der Waals surface area contributed by atoms with Crippen LogP contribution in [0, 0.1) is 6.92 Å². The molecule has 0 saturated heterocycles. The minimum absolute atomic E-state index is 0.0553. The molecule has 0 aliphatic rings. The van der Waals surface area contributed by atoms with Gasteiger partial charge in [0.2, 0.25) is 10.0 Å². The third-order valence-electron chi connectivity index (χ3n) is 2.37. The van der Waals surface area contributed by atoms with Crippen LogP contribution in [0.1, 0.15) is 19.0 Å². The van der Waals surface area contributed by atoms with Gasteiger partial charge in [-0.15, -0.1) is 0 Å². The van der Waals surface area contributed by atoms with Crippen molar-refractivity contribution in [3.05, 3.63) is 11.9 Å². The number of rotatable bonds is 6. The molecule has 8 heteroatoms. The van der Waals surface area contributed by atoms with Crippen LogP contribution in [0.3, 0.4) is 0 Å². The van der Waals surface area contributed by atoms with E-state index < -0.39 is 22.5 Å². The van der Waals surface area contributed by atoms with Crippen LogP contribution in [0.5, 0.6) is 0 Å². The summed E-state index contributed by atoms with van der Waals surface area (Å²) in [5.41, 5.74) is 0.365. The molecule has 0 fully saturated rings. The number of carboxylic acid groups (broad SMARTS) is 1. The maximum atomic E-state index is 12.3. The molecule has 102 valence electrons. The number of sulfonamides is 1. The number of hydrogen-bond acceptors (Lipinski definition) is 4. The highest BCUT2D eigenvalue weighted by Gasteiger charge is 2.28. The molecule has 18 heavy (non-hydrogen) atoms. The van der Waals surface area contributed by atoms with Crippen molar-refractivity contribution in [2.45, 2.75) is 25.2 Å². The number of carboxylic acids is 1. The van der Waals surface area contributed by atoms with E-state index in [9.17, 15) is 13.2 Å². The van der Waals surface area contributed by atoms with Gasteiger partial charge < -0.3 is 5.11 Å². The second kappa shape index (κ2) is 5.49. The van der Waals surface area contributed by atoms with Gasteiger partial charge in [-0.1, -0.05) is 6.92 Å². The molecule has 0 saturated carbocycles. The van der Waals surface area contributed by atoms with Crippen molar-refractivity contribution in [2.75, 3.05) is 13.1 Å². The molecule has 0 aromatic carbocycles. The lowest BCUT2D eigenvalue weighted by atomic mass is 10.5. The summed E-state index contributed by atoms with van der Waals surface area (Å²) < 4.78 is 27.0. The molecule has 1 N–H and O–H groups in total. The SMILES string of the molecule is CCCN(CC(=O)O)S(=O)(=O)c1cn(C)nc1C. The molecule has 1 aromatic rings. The predicted octanol–water partition coefficient (Wildman–Crippen LogP) is 0.214. The van der Waals surface area contributed by atoms with E-state index in [0.29, 0.717) is 12.1 Å². The average Bonchev–Trinajstić information content (AvgIpc) is 2.57. The molecule has 0 unspecified atom stereocenters. The smallest absolute Gasteiger partial charge is 0.318 e. The van der Waals surface area contributed by atoms with Crippen molar-refractivity contribution >= 4 is 16.0 Å². The molecule has 0 spiro atoms. The molecule has 7 nitrogen and oxygen atoms in total. The van der Waals surface area contributed by atoms with Gasteiger partial charge in [-0.05, 0) is 13.3 Å². The standard InChI is InChI=1S/C10H17N3O4S/c1-4-5-13(7-10(14)15)18(16,17)9-6-12(3)11-8(9)2/h6H,4-5,7H2,1-3H3,(H,14,15). The molecule has 0 aliphatic heterocycles. The van der Waals surface area contributed by atoms with Gasteiger partial charge in [0.05, 0.1) is 5.69 Å². The first-order valence-electron chi connectivity index (χ1n) is 5.51. The Balaban J connectivity index is 3.16. The summed E-state index contributed by atoms with van der Waals surface area (Å²) in [5, 5.41) is 12.7. The minimum Gasteiger partial charge on any atom is -0.480 e. The van der Waals surface area contributed by atoms with E-state index in [1.165, 1.54) is 10.9 Å². The zero-order valence-electron chi connectivity index (χ0n) is 10.6. The van der Waals surface area contributed by atoms with Gasteiger partial charge in [0.15, 0.2) is 0 Å². The van der Waals surface area contributed by atoms with Crippen molar-refractivity contribution in [1.82, 2.24) is 14.1 Å². The van der Waals surface area contributed by atoms with Gasteiger partial charge in [-0.3, -0.25) is 9.48 Å². The molecule has 1 aromatic heterocycles. The number of aromatic nitrogens is 2. The van der Waals surface area contributed by atoms with E-state index >= 15 is 0 Å². The van der Waals surface area contributed by atoms with E-state index in [1.807, 2.05) is 0 Å². The van der Waals surface area contributed by atoms with Crippen LogP contribution in [0.15, 0.2) is 11.1 Å². The lowest BCUT2D eigenvalue weighted by Gasteiger charge is -2.18. The number of aliphatic carboxylic acids is 1. The highest BCUT2D eigenvalue weighted by Crippen LogP contribution is 2.18. The Morgan fingerprint density at radius 2 is 2.17 bits per heavy atom. The van der Waals surface area contributed by atoms with Crippen molar-refractivity contribution < 1.29 is 18.3 Å². The third-order valence-corrected chi connectivity index (χ3v) is 4.32. The molecular weight excluding hydrogens is 258 g/mol. The molecule has 1 rings (SSSR count). The average molecular weight is 275 g/mol. The van der Waals surface area contributed by atoms with Crippen molar-refractivity contribution in [3.8, 4) is 0 Å². The molecular formula is C10H17N3O4S. The van der Waals surface area contributed by atoms with Crippen LogP contribution in [-0.4, -0.2) is 46.7 Å². The first-order valence-corrected chi connectivity index (χ1v) is 6.95. The Labute approximate surface area is 106 Å². The molecule has 0 radical (unpaired) electrons. The normalized spacial score (nSPS) is 12.0. The fourth-order valence-electron chi connectivity index (χ4n) is 1.65. The Hall–Kier alpha value is -1.41. The molecule has 1 heterocycles. The van der Waals surface area contributed by atoms with Crippen molar-refractivity contribution in [2.24, 2.45) is 7.05 Å². The van der Waals surface area contributed by atoms with Crippen LogP contribution in [-0.2, 0) is 21.9 Å². The molecule has 0 aliphatic carbocycles. The highest BCUT2D eigenvalue weighted by atomic mass is 32.2. The van der Waals surface area contributed by atoms with Crippen LogP contribution < -0.4 is 0 Å². The summed E-state index contributed by atoms with van der Waals surface area (Å²) in [4.78, 5) is 10.8. The largest absolute Gasteiger partial charge is 0.480 e. The minimum atomic E-state index is -3.80. The Bertz CT molecular complexity index is 535. The van der Waals surface area contributed by atoms with E-state index in [4.69, 9.17) is 5.11 Å². The summed E-state index contributed by atoms with van der Waals surface area (Å²) in [7, 11) is -2.18. The van der Waals surface area contributed by atoms with Gasteiger partial charge in [0, 0.05) is 19.8 Å². The number of hydrogen-bond donors (Lipinski definition) is 1. The van der Waals surface area contributed by atoms with Gasteiger partial charge >= 0.3 is 5.97 Å². The lowest BCUT2D eigenvalue weighted by Crippen LogP contribution is -2.36. The summed E-state index contributed by atoms with van der Waals surface area (Å²) in [6, 6.07) is 0. The zero-order chi connectivity index (χ0) is 13.9. The second-order valence-electron chi connectivity index (χ2n) is 3.98. The zero-order valence-corrected chi connectivity index (χ0v) is 11.4.